The summed E-state index contributed by atoms with van der Waals surface area (Å²) >= 11 is 0. The number of carbonyl (C=O) groups is 1. The summed E-state index contributed by atoms with van der Waals surface area (Å²) in [6.07, 6.45) is 29.6. The molecule has 0 amide bonds. The highest BCUT2D eigenvalue weighted by atomic mass is 16.5. The van der Waals surface area contributed by atoms with Crippen LogP contribution < -0.4 is 0 Å². The van der Waals surface area contributed by atoms with Crippen LogP contribution in [0.3, 0.4) is 0 Å². The van der Waals surface area contributed by atoms with Crippen LogP contribution in [0.5, 0.6) is 0 Å². The molecule has 0 aliphatic carbocycles. The monoisotopic (exact) mass is 330 g/mol. The molecule has 0 N–H and O–H groups in total. The summed E-state index contributed by atoms with van der Waals surface area (Å²) in [5.74, 6) is -0.186. The van der Waals surface area contributed by atoms with E-state index in [4.69, 9.17) is 4.74 Å². The molecule has 0 saturated carbocycles. The lowest BCUT2D eigenvalue weighted by Gasteiger charge is -2.18. The quantitative estimate of drug-likeness (QED) is 0.220. The van der Waals surface area contributed by atoms with E-state index >= 15 is 0 Å². The lowest BCUT2D eigenvalue weighted by molar-refractivity contribution is -0.144. The minimum Gasteiger partial charge on any atom is -0.459 e. The van der Waals surface area contributed by atoms with Crippen molar-refractivity contribution in [2.45, 2.75) is 83.7 Å². The van der Waals surface area contributed by atoms with Crippen LogP contribution in [0.25, 0.3) is 0 Å². The first-order chi connectivity index (χ1) is 11.8. The molecule has 1 atom stereocenters. The topological polar surface area (TPSA) is 26.3 Å². The van der Waals surface area contributed by atoms with Crippen molar-refractivity contribution in [1.82, 2.24) is 0 Å². The van der Waals surface area contributed by atoms with Gasteiger partial charge in [-0.1, -0.05) is 62.3 Å². The second-order valence-electron chi connectivity index (χ2n) is 6.36. The van der Waals surface area contributed by atoms with Crippen LogP contribution in [0.4, 0.5) is 0 Å². The molecule has 24 heavy (non-hydrogen) atoms. The van der Waals surface area contributed by atoms with Gasteiger partial charge in [-0.3, -0.25) is 0 Å². The summed E-state index contributed by atoms with van der Waals surface area (Å²) in [5, 5.41) is 0. The Morgan fingerprint density at radius 1 is 0.958 bits per heavy atom. The van der Waals surface area contributed by atoms with Gasteiger partial charge in [0.05, 0.1) is 0 Å². The predicted octanol–water partition coefficient (Wildman–Crippen LogP) is 6.45. The van der Waals surface area contributed by atoms with Crippen LogP contribution in [0.15, 0.2) is 48.6 Å². The fraction of sp³-hybridized carbons (Fsp3) is 0.591. The number of allylic oxidation sites excluding steroid dienone is 6. The largest absolute Gasteiger partial charge is 0.459 e. The summed E-state index contributed by atoms with van der Waals surface area (Å²) in [4.78, 5) is 11.1. The van der Waals surface area contributed by atoms with Crippen LogP contribution in [0, 0.1) is 0 Å². The lowest BCUT2D eigenvalue weighted by atomic mass is 10.1. The van der Waals surface area contributed by atoms with Gasteiger partial charge >= 0.3 is 5.97 Å². The maximum absolute atomic E-state index is 11.1. The molecule has 2 nitrogen and oxygen atoms in total. The molecule has 0 bridgehead atoms. The van der Waals surface area contributed by atoms with Crippen molar-refractivity contribution in [2.75, 3.05) is 0 Å². The van der Waals surface area contributed by atoms with Gasteiger partial charge in [0.1, 0.15) is 6.10 Å². The second-order valence-corrected chi connectivity index (χ2v) is 6.36. The first-order valence-electron chi connectivity index (χ1n) is 9.65. The number of cyclic esters (lactones) is 1. The highest BCUT2D eigenvalue weighted by Crippen LogP contribution is 2.15. The summed E-state index contributed by atoms with van der Waals surface area (Å²) < 4.78 is 5.25. The maximum Gasteiger partial charge on any atom is 0.330 e. The van der Waals surface area contributed by atoms with Gasteiger partial charge in [-0.05, 0) is 51.4 Å². The molecule has 0 radical (unpaired) electrons. The fourth-order valence-electron chi connectivity index (χ4n) is 2.67. The van der Waals surface area contributed by atoms with E-state index in [9.17, 15) is 4.79 Å². The Kier molecular flexibility index (Phi) is 12.8. The van der Waals surface area contributed by atoms with Gasteiger partial charge < -0.3 is 4.74 Å². The summed E-state index contributed by atoms with van der Waals surface area (Å²) in [5.41, 5.74) is 0. The number of unbranched alkanes of at least 4 members (excludes halogenated alkanes) is 5. The molecular weight excluding hydrogens is 296 g/mol. The first kappa shape index (κ1) is 20.5. The van der Waals surface area contributed by atoms with Gasteiger partial charge in [0.2, 0.25) is 0 Å². The molecule has 134 valence electrons. The molecule has 1 heterocycles. The minimum atomic E-state index is -0.186. The number of hydrogen-bond donors (Lipinski definition) is 0. The van der Waals surface area contributed by atoms with Gasteiger partial charge in [0, 0.05) is 12.5 Å². The number of hydrogen-bond acceptors (Lipinski definition) is 2. The van der Waals surface area contributed by atoms with Crippen molar-refractivity contribution in [1.29, 1.82) is 0 Å². The molecule has 0 saturated heterocycles. The van der Waals surface area contributed by atoms with Gasteiger partial charge in [-0.2, -0.15) is 0 Å². The SMILES string of the molecule is CCCCCC=CCC=CCC=CCCCCC1CC=CC(=O)O1. The van der Waals surface area contributed by atoms with Crippen LogP contribution >= 0.6 is 0 Å². The standard InChI is InChI=1S/C22H34O2/c1-2-3-4-5-6-7-8-9-10-11-12-13-14-15-16-18-21-19-17-20-22(23)24-21/h6-7,9-10,12-13,17,20-21H,2-5,8,11,14-16,18-19H2,1H3. The second kappa shape index (κ2) is 15.0. The Labute approximate surface area is 148 Å². The molecule has 2 heteroatoms. The number of carbonyl (C=O) groups excluding carboxylic acids is 1. The third kappa shape index (κ3) is 11.9. The minimum absolute atomic E-state index is 0.101. The Hall–Kier alpha value is -1.57. The molecule has 0 aromatic carbocycles. The van der Waals surface area contributed by atoms with Crippen molar-refractivity contribution < 1.29 is 9.53 Å². The van der Waals surface area contributed by atoms with E-state index in [-0.39, 0.29) is 12.1 Å². The fourth-order valence-corrected chi connectivity index (χ4v) is 2.67. The molecule has 1 unspecified atom stereocenters. The van der Waals surface area contributed by atoms with E-state index in [2.05, 4.69) is 43.4 Å². The van der Waals surface area contributed by atoms with E-state index in [1.807, 2.05) is 6.08 Å². The van der Waals surface area contributed by atoms with Crippen molar-refractivity contribution >= 4 is 5.97 Å². The predicted molar refractivity (Wildman–Crippen MR) is 103 cm³/mol. The maximum atomic E-state index is 11.1. The zero-order valence-corrected chi connectivity index (χ0v) is 15.3. The van der Waals surface area contributed by atoms with Crippen molar-refractivity contribution in [2.24, 2.45) is 0 Å². The molecule has 1 rings (SSSR count). The average Bonchev–Trinajstić information content (AvgIpc) is 2.58. The summed E-state index contributed by atoms with van der Waals surface area (Å²) in [7, 11) is 0. The molecule has 0 spiro atoms. The van der Waals surface area contributed by atoms with Crippen LogP contribution in [0.1, 0.15) is 77.6 Å². The van der Waals surface area contributed by atoms with E-state index in [1.165, 1.54) is 38.2 Å². The van der Waals surface area contributed by atoms with Crippen molar-refractivity contribution in [3.63, 3.8) is 0 Å². The highest BCUT2D eigenvalue weighted by molar-refractivity contribution is 5.82. The van der Waals surface area contributed by atoms with Crippen LogP contribution in [0.2, 0.25) is 0 Å². The molecule has 1 aliphatic heterocycles. The van der Waals surface area contributed by atoms with Gasteiger partial charge in [-0.25, -0.2) is 4.79 Å². The Morgan fingerprint density at radius 3 is 2.21 bits per heavy atom. The third-order valence-corrected chi connectivity index (χ3v) is 4.10. The summed E-state index contributed by atoms with van der Waals surface area (Å²) in [6, 6.07) is 0. The van der Waals surface area contributed by atoms with Crippen LogP contribution in [-0.2, 0) is 9.53 Å². The van der Waals surface area contributed by atoms with Crippen molar-refractivity contribution in [3.8, 4) is 0 Å². The van der Waals surface area contributed by atoms with E-state index < -0.39 is 0 Å². The number of esters is 1. The lowest BCUT2D eigenvalue weighted by Crippen LogP contribution is -2.19. The number of ether oxygens (including phenoxy) is 1. The van der Waals surface area contributed by atoms with Gasteiger partial charge in [0.25, 0.3) is 0 Å². The first-order valence-corrected chi connectivity index (χ1v) is 9.65. The van der Waals surface area contributed by atoms with Crippen LogP contribution in [-0.4, -0.2) is 12.1 Å². The average molecular weight is 331 g/mol. The Morgan fingerprint density at radius 2 is 1.58 bits per heavy atom. The normalized spacial score (nSPS) is 18.2. The third-order valence-electron chi connectivity index (χ3n) is 4.10. The van der Waals surface area contributed by atoms with E-state index in [1.54, 1.807) is 0 Å². The molecule has 0 aromatic heterocycles. The molecule has 1 aliphatic rings. The highest BCUT2D eigenvalue weighted by Gasteiger charge is 2.14. The summed E-state index contributed by atoms with van der Waals surface area (Å²) in [6.45, 7) is 2.24. The Bertz CT molecular complexity index is 429. The number of rotatable bonds is 13. The molecule has 0 fully saturated rings. The van der Waals surface area contributed by atoms with Gasteiger partial charge in [0.15, 0.2) is 0 Å². The van der Waals surface area contributed by atoms with Crippen molar-refractivity contribution in [3.05, 3.63) is 48.6 Å². The van der Waals surface area contributed by atoms with E-state index in [0.29, 0.717) is 0 Å². The zero-order valence-electron chi connectivity index (χ0n) is 15.3. The smallest absolute Gasteiger partial charge is 0.330 e. The van der Waals surface area contributed by atoms with E-state index in [0.717, 1.165) is 38.5 Å². The van der Waals surface area contributed by atoms with Gasteiger partial charge in [-0.15, -0.1) is 0 Å². The Balaban J connectivity index is 1.90. The zero-order chi connectivity index (χ0) is 17.3. The molecule has 0 aromatic rings. The molecular formula is C22H34O2.